The molecule has 6 heteroatoms. The van der Waals surface area contributed by atoms with Crippen LogP contribution in [0.15, 0.2) is 11.6 Å². The Morgan fingerprint density at radius 2 is 1.88 bits per heavy atom. The van der Waals surface area contributed by atoms with Crippen molar-refractivity contribution in [3.63, 3.8) is 0 Å². The lowest BCUT2D eigenvalue weighted by Gasteiger charge is -2.57. The van der Waals surface area contributed by atoms with E-state index in [9.17, 15) is 13.5 Å². The lowest BCUT2D eigenvalue weighted by Crippen LogP contribution is -2.51. The number of rotatable bonds is 2. The zero-order valence-corrected chi connectivity index (χ0v) is 16.0. The van der Waals surface area contributed by atoms with Crippen molar-refractivity contribution in [2.75, 3.05) is 0 Å². The predicted octanol–water partition coefficient (Wildman–Crippen LogP) is 3.50. The molecule has 0 spiro atoms. The van der Waals surface area contributed by atoms with E-state index in [2.05, 4.69) is 19.9 Å². The highest BCUT2D eigenvalue weighted by atomic mass is 32.3. The minimum Gasteiger partial charge on any atom is -0.393 e. The minimum atomic E-state index is -4.39. The Balaban J connectivity index is 1.58. The summed E-state index contributed by atoms with van der Waals surface area (Å²) in [5.41, 5.74) is 1.50. The van der Waals surface area contributed by atoms with Crippen LogP contribution >= 0.6 is 0 Å². The maximum absolute atomic E-state index is 11.0. The third kappa shape index (κ3) is 2.80. The fourth-order valence-corrected chi connectivity index (χ4v) is 7.36. The van der Waals surface area contributed by atoms with Gasteiger partial charge in [-0.1, -0.05) is 25.5 Å². The number of hydrogen-bond acceptors (Lipinski definition) is 4. The molecule has 142 valence electrons. The van der Waals surface area contributed by atoms with Gasteiger partial charge in [0.05, 0.1) is 12.2 Å². The Labute approximate surface area is 150 Å². The summed E-state index contributed by atoms with van der Waals surface area (Å²) in [7, 11) is -4.39. The molecule has 2 N–H and O–H groups in total. The van der Waals surface area contributed by atoms with E-state index in [4.69, 9.17) is 8.74 Å². The van der Waals surface area contributed by atoms with E-state index in [-0.39, 0.29) is 16.9 Å². The fourth-order valence-electron chi connectivity index (χ4n) is 6.85. The second-order valence-corrected chi connectivity index (χ2v) is 10.3. The Kier molecular flexibility index (Phi) is 4.15. The summed E-state index contributed by atoms with van der Waals surface area (Å²) in [6.07, 6.45) is 9.23. The van der Waals surface area contributed by atoms with E-state index in [1.807, 2.05) is 0 Å². The molecule has 0 unspecified atom stereocenters. The number of aliphatic hydroxyl groups excluding tert-OH is 1. The molecule has 0 aromatic heterocycles. The van der Waals surface area contributed by atoms with Gasteiger partial charge >= 0.3 is 10.4 Å². The first-order valence-electron chi connectivity index (χ1n) is 9.67. The van der Waals surface area contributed by atoms with Crippen LogP contribution in [0.1, 0.15) is 65.2 Å². The third-order valence-corrected chi connectivity index (χ3v) is 8.78. The smallest absolute Gasteiger partial charge is 0.393 e. The maximum Gasteiger partial charge on any atom is 0.397 e. The van der Waals surface area contributed by atoms with E-state index >= 15 is 0 Å². The lowest BCUT2D eigenvalue weighted by molar-refractivity contribution is -0.0703. The SMILES string of the molecule is C[C@]12CC[C@H]3[C@@H](CC=C4C[C@@H](OS(=O)(=O)O)CC[C@@]43C)[C@@H]1CC[C@H]2O. The molecule has 25 heavy (non-hydrogen) atoms. The summed E-state index contributed by atoms with van der Waals surface area (Å²) in [6.45, 7) is 4.62. The topological polar surface area (TPSA) is 83.8 Å². The maximum atomic E-state index is 11.0. The Morgan fingerprint density at radius 3 is 2.60 bits per heavy atom. The Bertz CT molecular complexity index is 686. The second-order valence-electron chi connectivity index (χ2n) is 9.29. The average molecular weight is 371 g/mol. The summed E-state index contributed by atoms with van der Waals surface area (Å²) in [5, 5.41) is 10.5. The second kappa shape index (κ2) is 5.78. The molecule has 0 radical (unpaired) electrons. The van der Waals surface area contributed by atoms with Crippen molar-refractivity contribution in [1.29, 1.82) is 0 Å². The summed E-state index contributed by atoms with van der Waals surface area (Å²) in [5.74, 6) is 1.84. The van der Waals surface area contributed by atoms with Crippen LogP contribution < -0.4 is 0 Å². The van der Waals surface area contributed by atoms with E-state index in [1.165, 1.54) is 5.57 Å². The first-order chi connectivity index (χ1) is 11.6. The summed E-state index contributed by atoms with van der Waals surface area (Å²) in [4.78, 5) is 0. The van der Waals surface area contributed by atoms with Crippen molar-refractivity contribution < 1.29 is 22.3 Å². The standard InChI is InChI=1S/C19H30O5S/c1-18-9-7-13(24-25(21,22)23)11-12(18)3-4-14-15-5-6-17(20)19(15,2)10-8-16(14)18/h3,13-17,20H,4-11H2,1-2H3,(H,21,22,23)/t13-,14-,15-,16-,17+,18-,19-/m0/s1. The fraction of sp³-hybridized carbons (Fsp3) is 0.895. The van der Waals surface area contributed by atoms with Crippen molar-refractivity contribution in [1.82, 2.24) is 0 Å². The van der Waals surface area contributed by atoms with Crippen molar-refractivity contribution in [2.24, 2.45) is 28.6 Å². The molecule has 0 bridgehead atoms. The number of allylic oxidation sites excluding steroid dienone is 1. The van der Waals surface area contributed by atoms with Gasteiger partial charge in [-0.15, -0.1) is 0 Å². The molecule has 0 heterocycles. The highest BCUT2D eigenvalue weighted by molar-refractivity contribution is 7.80. The van der Waals surface area contributed by atoms with Gasteiger partial charge in [0.15, 0.2) is 0 Å². The molecule has 0 aromatic carbocycles. The predicted molar refractivity (Wildman–Crippen MR) is 94.1 cm³/mol. The van der Waals surface area contributed by atoms with Crippen molar-refractivity contribution in [3.05, 3.63) is 11.6 Å². The van der Waals surface area contributed by atoms with Gasteiger partial charge in [0.1, 0.15) is 0 Å². The van der Waals surface area contributed by atoms with Gasteiger partial charge in [-0.2, -0.15) is 8.42 Å². The molecule has 3 fully saturated rings. The molecular weight excluding hydrogens is 340 g/mol. The van der Waals surface area contributed by atoms with Crippen LogP contribution in [0.5, 0.6) is 0 Å². The van der Waals surface area contributed by atoms with Crippen LogP contribution in [0.3, 0.4) is 0 Å². The van der Waals surface area contributed by atoms with Gasteiger partial charge in [-0.3, -0.25) is 4.55 Å². The lowest BCUT2D eigenvalue weighted by atomic mass is 9.48. The largest absolute Gasteiger partial charge is 0.397 e. The summed E-state index contributed by atoms with van der Waals surface area (Å²) >= 11 is 0. The van der Waals surface area contributed by atoms with Gasteiger partial charge in [0.2, 0.25) is 0 Å². The van der Waals surface area contributed by atoms with Gasteiger partial charge in [0, 0.05) is 0 Å². The van der Waals surface area contributed by atoms with Crippen LogP contribution in [0, 0.1) is 28.6 Å². The van der Waals surface area contributed by atoms with Gasteiger partial charge in [-0.25, -0.2) is 4.18 Å². The van der Waals surface area contributed by atoms with Crippen molar-refractivity contribution in [3.8, 4) is 0 Å². The normalized spacial score (nSPS) is 49.8. The summed E-state index contributed by atoms with van der Waals surface area (Å²) < 4.78 is 35.9. The molecule has 4 aliphatic carbocycles. The first-order valence-corrected chi connectivity index (χ1v) is 11.0. The third-order valence-electron chi connectivity index (χ3n) is 8.27. The number of fused-ring (bicyclic) bond motifs is 5. The van der Waals surface area contributed by atoms with E-state index in [1.54, 1.807) is 0 Å². The molecule has 0 amide bonds. The molecule has 4 rings (SSSR count). The van der Waals surface area contributed by atoms with Crippen molar-refractivity contribution in [2.45, 2.75) is 77.4 Å². The average Bonchev–Trinajstić information content (AvgIpc) is 2.82. The number of hydrogen-bond donors (Lipinski definition) is 2. The van der Waals surface area contributed by atoms with Crippen LogP contribution in [-0.4, -0.2) is 30.3 Å². The molecule has 4 aliphatic rings. The van der Waals surface area contributed by atoms with E-state index < -0.39 is 16.5 Å². The zero-order valence-electron chi connectivity index (χ0n) is 15.1. The van der Waals surface area contributed by atoms with E-state index in [0.717, 1.165) is 38.5 Å². The first kappa shape index (κ1) is 18.0. The highest BCUT2D eigenvalue weighted by Gasteiger charge is 2.58. The monoisotopic (exact) mass is 370 g/mol. The zero-order chi connectivity index (χ0) is 18.0. The van der Waals surface area contributed by atoms with Crippen LogP contribution in [0.4, 0.5) is 0 Å². The molecular formula is C19H30O5S. The Morgan fingerprint density at radius 1 is 1.12 bits per heavy atom. The van der Waals surface area contributed by atoms with Crippen LogP contribution in [0.25, 0.3) is 0 Å². The molecule has 7 atom stereocenters. The number of aliphatic hydroxyl groups is 1. The quantitative estimate of drug-likeness (QED) is 0.574. The van der Waals surface area contributed by atoms with Crippen LogP contribution in [-0.2, 0) is 14.6 Å². The summed E-state index contributed by atoms with van der Waals surface area (Å²) in [6, 6.07) is 0. The minimum absolute atomic E-state index is 0.0775. The molecule has 0 aromatic rings. The highest BCUT2D eigenvalue weighted by Crippen LogP contribution is 2.64. The molecule has 5 nitrogen and oxygen atoms in total. The molecule has 0 saturated heterocycles. The van der Waals surface area contributed by atoms with Crippen LogP contribution in [0.2, 0.25) is 0 Å². The molecule has 3 saturated carbocycles. The molecule has 0 aliphatic heterocycles. The van der Waals surface area contributed by atoms with Gasteiger partial charge < -0.3 is 5.11 Å². The van der Waals surface area contributed by atoms with Gasteiger partial charge in [-0.05, 0) is 80.0 Å². The van der Waals surface area contributed by atoms with Gasteiger partial charge in [0.25, 0.3) is 0 Å². The van der Waals surface area contributed by atoms with Crippen molar-refractivity contribution >= 4 is 10.4 Å². The van der Waals surface area contributed by atoms with E-state index in [0.29, 0.717) is 30.6 Å². The Hall–Kier alpha value is -0.430.